The smallest absolute Gasteiger partial charge is 0.341 e. The summed E-state index contributed by atoms with van der Waals surface area (Å²) in [6.07, 6.45) is 1.29. The van der Waals surface area contributed by atoms with Crippen molar-refractivity contribution in [2.45, 2.75) is 6.92 Å². The van der Waals surface area contributed by atoms with Crippen molar-refractivity contribution < 1.29 is 18.3 Å². The number of nitrogen functional groups attached to an aromatic ring is 1. The van der Waals surface area contributed by atoms with E-state index in [1.54, 1.807) is 0 Å². The highest BCUT2D eigenvalue weighted by molar-refractivity contribution is 5.96. The lowest BCUT2D eigenvalue weighted by atomic mass is 10.2. The Morgan fingerprint density at radius 2 is 2.00 bits per heavy atom. The first-order valence-electron chi connectivity index (χ1n) is 5.99. The summed E-state index contributed by atoms with van der Waals surface area (Å²) in [5.41, 5.74) is 5.87. The number of anilines is 3. The fraction of sp³-hybridized carbons (Fsp3) is 0.143. The molecule has 0 saturated carbocycles. The highest BCUT2D eigenvalue weighted by Gasteiger charge is 2.16. The Bertz CT molecular complexity index is 705. The number of aryl methyl sites for hydroxylation is 1. The van der Waals surface area contributed by atoms with Crippen LogP contribution in [0.1, 0.15) is 15.9 Å². The second-order valence-electron chi connectivity index (χ2n) is 4.36. The molecular weight excluding hydrogens is 280 g/mol. The van der Waals surface area contributed by atoms with Crippen LogP contribution in [-0.2, 0) is 4.74 Å². The number of nitrogens with zero attached hydrogens (tertiary/aromatic N) is 1. The lowest BCUT2D eigenvalue weighted by Gasteiger charge is -2.12. The summed E-state index contributed by atoms with van der Waals surface area (Å²) >= 11 is 0. The Morgan fingerprint density at radius 1 is 1.29 bits per heavy atom. The first kappa shape index (κ1) is 14.7. The molecule has 7 heteroatoms. The molecule has 0 atom stereocenters. The molecule has 0 saturated heterocycles. The maximum atomic E-state index is 13.8. The highest BCUT2D eigenvalue weighted by atomic mass is 19.1. The Labute approximate surface area is 119 Å². The van der Waals surface area contributed by atoms with Crippen molar-refractivity contribution in [1.29, 1.82) is 0 Å². The lowest BCUT2D eigenvalue weighted by Crippen LogP contribution is -2.09. The molecule has 110 valence electrons. The van der Waals surface area contributed by atoms with Crippen molar-refractivity contribution in [2.24, 2.45) is 0 Å². The summed E-state index contributed by atoms with van der Waals surface area (Å²) < 4.78 is 31.9. The topological polar surface area (TPSA) is 77.2 Å². The molecule has 2 aromatic rings. The molecule has 5 nitrogen and oxygen atoms in total. The van der Waals surface area contributed by atoms with E-state index in [1.165, 1.54) is 26.3 Å². The molecule has 0 fully saturated rings. The molecule has 1 aromatic carbocycles. The molecule has 0 aliphatic rings. The van der Waals surface area contributed by atoms with Crippen LogP contribution >= 0.6 is 0 Å². The van der Waals surface area contributed by atoms with Gasteiger partial charge in [-0.05, 0) is 24.6 Å². The van der Waals surface area contributed by atoms with Gasteiger partial charge in [-0.1, -0.05) is 0 Å². The molecule has 0 aliphatic heterocycles. The monoisotopic (exact) mass is 293 g/mol. The van der Waals surface area contributed by atoms with Crippen LogP contribution in [0.25, 0.3) is 0 Å². The van der Waals surface area contributed by atoms with Gasteiger partial charge in [0.05, 0.1) is 24.7 Å². The number of hydrogen-bond donors (Lipinski definition) is 2. The summed E-state index contributed by atoms with van der Waals surface area (Å²) in [6, 6.07) is 3.38. The zero-order chi connectivity index (χ0) is 15.6. The van der Waals surface area contributed by atoms with E-state index in [4.69, 9.17) is 5.73 Å². The Morgan fingerprint density at radius 3 is 2.67 bits per heavy atom. The first-order chi connectivity index (χ1) is 9.92. The minimum atomic E-state index is -0.690. The van der Waals surface area contributed by atoms with Gasteiger partial charge in [0, 0.05) is 6.07 Å². The van der Waals surface area contributed by atoms with Crippen LogP contribution in [0.4, 0.5) is 26.0 Å². The van der Waals surface area contributed by atoms with Gasteiger partial charge < -0.3 is 15.8 Å². The number of nitrogens with two attached hydrogens (primary N) is 1. The summed E-state index contributed by atoms with van der Waals surface area (Å²) in [5.74, 6) is -1.90. The van der Waals surface area contributed by atoms with E-state index in [2.05, 4.69) is 15.0 Å². The number of carbonyl (C=O) groups is 1. The highest BCUT2D eigenvalue weighted by Crippen LogP contribution is 2.25. The lowest BCUT2D eigenvalue weighted by molar-refractivity contribution is 0.0601. The van der Waals surface area contributed by atoms with E-state index in [0.29, 0.717) is 0 Å². The Balaban J connectivity index is 2.44. The SMILES string of the molecule is COC(=O)c1cc(N)cnc1Nc1cc(F)c(C)cc1F. The van der Waals surface area contributed by atoms with Crippen molar-refractivity contribution in [3.8, 4) is 0 Å². The number of ether oxygens (including phenoxy) is 1. The summed E-state index contributed by atoms with van der Waals surface area (Å²) in [5, 5.41) is 2.57. The van der Waals surface area contributed by atoms with Crippen LogP contribution in [0, 0.1) is 18.6 Å². The number of pyridine rings is 1. The summed E-state index contributed by atoms with van der Waals surface area (Å²) in [7, 11) is 1.20. The van der Waals surface area contributed by atoms with Gasteiger partial charge in [0.2, 0.25) is 0 Å². The van der Waals surface area contributed by atoms with Gasteiger partial charge in [-0.15, -0.1) is 0 Å². The molecule has 1 aromatic heterocycles. The third kappa shape index (κ3) is 3.07. The van der Waals surface area contributed by atoms with Gasteiger partial charge >= 0.3 is 5.97 Å². The van der Waals surface area contributed by atoms with Crippen molar-refractivity contribution in [1.82, 2.24) is 4.98 Å². The van der Waals surface area contributed by atoms with Crippen molar-refractivity contribution in [2.75, 3.05) is 18.2 Å². The zero-order valence-electron chi connectivity index (χ0n) is 11.4. The quantitative estimate of drug-likeness (QED) is 0.851. The molecule has 0 spiro atoms. The van der Waals surface area contributed by atoms with Gasteiger partial charge in [-0.25, -0.2) is 18.6 Å². The fourth-order valence-corrected chi connectivity index (χ4v) is 1.72. The molecule has 1 heterocycles. The number of hydrogen-bond acceptors (Lipinski definition) is 5. The average molecular weight is 293 g/mol. The number of benzene rings is 1. The molecule has 0 amide bonds. The average Bonchev–Trinajstić information content (AvgIpc) is 2.45. The van der Waals surface area contributed by atoms with E-state index >= 15 is 0 Å². The molecule has 0 radical (unpaired) electrons. The number of esters is 1. The van der Waals surface area contributed by atoms with Crippen molar-refractivity contribution in [3.63, 3.8) is 0 Å². The maximum absolute atomic E-state index is 13.8. The normalized spacial score (nSPS) is 10.3. The Kier molecular flexibility index (Phi) is 4.02. The van der Waals surface area contributed by atoms with Gasteiger partial charge in [0.25, 0.3) is 0 Å². The molecule has 0 unspecified atom stereocenters. The number of carbonyl (C=O) groups excluding carboxylic acids is 1. The second-order valence-corrected chi connectivity index (χ2v) is 4.36. The Hall–Kier alpha value is -2.70. The molecule has 3 N–H and O–H groups in total. The van der Waals surface area contributed by atoms with E-state index in [0.717, 1.165) is 12.1 Å². The van der Waals surface area contributed by atoms with Crippen LogP contribution < -0.4 is 11.1 Å². The summed E-state index contributed by atoms with van der Waals surface area (Å²) in [6.45, 7) is 1.45. The van der Waals surface area contributed by atoms with Crippen LogP contribution in [0.3, 0.4) is 0 Å². The number of aromatic nitrogens is 1. The molecule has 0 aliphatic carbocycles. The van der Waals surface area contributed by atoms with Gasteiger partial charge in [-0.2, -0.15) is 0 Å². The molecule has 2 rings (SSSR count). The zero-order valence-corrected chi connectivity index (χ0v) is 11.4. The minimum absolute atomic E-state index is 0.0258. The van der Waals surface area contributed by atoms with E-state index < -0.39 is 17.6 Å². The largest absolute Gasteiger partial charge is 0.465 e. The van der Waals surface area contributed by atoms with Crippen molar-refractivity contribution >= 4 is 23.2 Å². The third-order valence-electron chi connectivity index (χ3n) is 2.82. The fourth-order valence-electron chi connectivity index (χ4n) is 1.72. The third-order valence-corrected chi connectivity index (χ3v) is 2.82. The van der Waals surface area contributed by atoms with Gasteiger partial charge in [-0.3, -0.25) is 0 Å². The predicted octanol–water partition coefficient (Wildman–Crippen LogP) is 2.78. The number of rotatable bonds is 3. The minimum Gasteiger partial charge on any atom is -0.465 e. The number of methoxy groups -OCH3 is 1. The van der Waals surface area contributed by atoms with Crippen LogP contribution in [0.2, 0.25) is 0 Å². The predicted molar refractivity (Wildman–Crippen MR) is 74.4 cm³/mol. The summed E-state index contributed by atoms with van der Waals surface area (Å²) in [4.78, 5) is 15.6. The molecule has 0 bridgehead atoms. The van der Waals surface area contributed by atoms with E-state index in [1.807, 2.05) is 0 Å². The van der Waals surface area contributed by atoms with Gasteiger partial charge in [0.1, 0.15) is 23.0 Å². The van der Waals surface area contributed by atoms with Gasteiger partial charge in [0.15, 0.2) is 0 Å². The van der Waals surface area contributed by atoms with E-state index in [9.17, 15) is 13.6 Å². The molecular formula is C14H13F2N3O2. The van der Waals surface area contributed by atoms with Crippen molar-refractivity contribution in [3.05, 3.63) is 47.2 Å². The number of nitrogens with one attached hydrogen (secondary N) is 1. The van der Waals surface area contributed by atoms with Crippen LogP contribution in [0.5, 0.6) is 0 Å². The standard InChI is InChI=1S/C14H13F2N3O2/c1-7-3-11(16)12(5-10(7)15)19-13-9(14(20)21-2)4-8(17)6-18-13/h3-6H,17H2,1-2H3,(H,18,19). The van der Waals surface area contributed by atoms with E-state index in [-0.39, 0.29) is 28.3 Å². The number of halogens is 2. The molecule has 21 heavy (non-hydrogen) atoms. The van der Waals surface area contributed by atoms with Crippen LogP contribution in [-0.4, -0.2) is 18.1 Å². The first-order valence-corrected chi connectivity index (χ1v) is 5.99. The maximum Gasteiger partial charge on any atom is 0.341 e. The van der Waals surface area contributed by atoms with Crippen LogP contribution in [0.15, 0.2) is 24.4 Å². The second kappa shape index (κ2) is 5.74.